The zero-order valence-corrected chi connectivity index (χ0v) is 20.7. The minimum atomic E-state index is -0.638. The molecule has 0 bridgehead atoms. The molecule has 36 heavy (non-hydrogen) atoms. The molecule has 0 aromatic heterocycles. The zero-order valence-electron chi connectivity index (χ0n) is 20.7. The molecule has 0 saturated carbocycles. The van der Waals surface area contributed by atoms with Crippen LogP contribution in [0.2, 0.25) is 0 Å². The Morgan fingerprint density at radius 2 is 0.861 bits per heavy atom. The molecule has 0 atom stereocenters. The van der Waals surface area contributed by atoms with Gasteiger partial charge in [0.15, 0.2) is 0 Å². The van der Waals surface area contributed by atoms with Gasteiger partial charge in [-0.25, -0.2) is 0 Å². The van der Waals surface area contributed by atoms with Crippen LogP contribution < -0.4 is 38.7 Å². The van der Waals surface area contributed by atoms with E-state index in [0.717, 1.165) is 6.07 Å². The lowest BCUT2D eigenvalue weighted by Crippen LogP contribution is -2.06. The first-order chi connectivity index (χ1) is 17.1. The van der Waals surface area contributed by atoms with Crippen LogP contribution in [0.5, 0.6) is 0 Å². The van der Waals surface area contributed by atoms with Crippen molar-refractivity contribution in [3.05, 3.63) is 54.6 Å². The van der Waals surface area contributed by atoms with Gasteiger partial charge < -0.3 is 27.0 Å². The predicted octanol–water partition coefficient (Wildman–Crippen LogP) is 3.23. The molecule has 2 rings (SSSR count). The Hall–Kier alpha value is -4.44. The number of nitrogens with one attached hydrogen (secondary N) is 4. The quantitative estimate of drug-likeness (QED) is 0.0992. The Morgan fingerprint density at radius 1 is 0.583 bits per heavy atom. The fourth-order valence-electron chi connectivity index (χ4n) is 2.97. The monoisotopic (exact) mass is 510 g/mol. The molecule has 0 aliphatic carbocycles. The summed E-state index contributed by atoms with van der Waals surface area (Å²) in [4.78, 5) is 30.8. The van der Waals surface area contributed by atoms with Crippen molar-refractivity contribution < 1.29 is 14.8 Å². The fourth-order valence-corrected chi connectivity index (χ4v) is 2.97. The molecule has 0 aliphatic heterocycles. The van der Waals surface area contributed by atoms with E-state index < -0.39 is 14.8 Å². The number of benzene rings is 2. The van der Waals surface area contributed by atoms with E-state index in [-0.39, 0.29) is 28.4 Å². The van der Waals surface area contributed by atoms with E-state index >= 15 is 0 Å². The van der Waals surface area contributed by atoms with Crippen LogP contribution in [0.4, 0.5) is 45.5 Å². The van der Waals surface area contributed by atoms with Crippen molar-refractivity contribution in [3.63, 3.8) is 0 Å². The van der Waals surface area contributed by atoms with Crippen LogP contribution >= 0.6 is 0 Å². The highest BCUT2D eigenvalue weighted by Crippen LogP contribution is 2.36. The van der Waals surface area contributed by atoms with Crippen molar-refractivity contribution >= 4 is 45.5 Å². The number of hydrazine groups is 1. The SMILES string of the molecule is CCNc1cc(NCC)c([N+](=O)[O-])cc1N.CCNc1cc(NCC)c([N+](=O)[O-])cc1[N+](=O)[O-].NN. The molecule has 0 radical (unpaired) electrons. The van der Waals surface area contributed by atoms with Crippen molar-refractivity contribution in [2.75, 3.05) is 53.2 Å². The van der Waals surface area contributed by atoms with Gasteiger partial charge in [-0.05, 0) is 39.8 Å². The third-order valence-corrected chi connectivity index (χ3v) is 4.34. The third-order valence-electron chi connectivity index (χ3n) is 4.34. The number of nitrogens with two attached hydrogens (primary N) is 3. The van der Waals surface area contributed by atoms with Gasteiger partial charge in [0.1, 0.15) is 17.1 Å². The van der Waals surface area contributed by atoms with Crippen LogP contribution in [0.25, 0.3) is 0 Å². The summed E-state index contributed by atoms with van der Waals surface area (Å²) in [7, 11) is 0. The Labute approximate surface area is 208 Å². The Balaban J connectivity index is 0.000000640. The highest BCUT2D eigenvalue weighted by molar-refractivity contribution is 5.79. The number of nitrogens with zero attached hydrogens (tertiary/aromatic N) is 3. The molecule has 10 N–H and O–H groups in total. The topological polar surface area (TPSA) is 256 Å². The summed E-state index contributed by atoms with van der Waals surface area (Å²) in [6.45, 7) is 9.72. The molecule has 0 aliphatic rings. The lowest BCUT2D eigenvalue weighted by Gasteiger charge is -2.11. The standard InChI is InChI=1S/C10H14N4O4.C10H16N4O2.H4N2/c1-3-11-7-5-8(12-4-2)10(14(17)18)6-9(7)13(15)16;1-3-12-8-6-9(13-4-2)10(14(15)16)5-7(8)11;1-2/h5-6,11-12H,3-4H2,1-2H3;5-6,12-13H,3-4,11H2,1-2H3;1-2H2. The van der Waals surface area contributed by atoms with Gasteiger partial charge in [-0.15, -0.1) is 0 Å². The van der Waals surface area contributed by atoms with Gasteiger partial charge in [0.05, 0.1) is 32.2 Å². The fraction of sp³-hybridized carbons (Fsp3) is 0.400. The Kier molecular flexibility index (Phi) is 14.2. The molecule has 16 heteroatoms. The van der Waals surface area contributed by atoms with Crippen molar-refractivity contribution in [1.82, 2.24) is 0 Å². The molecule has 0 fully saturated rings. The van der Waals surface area contributed by atoms with E-state index in [0.29, 0.717) is 43.2 Å². The number of rotatable bonds is 11. The molecule has 200 valence electrons. The predicted molar refractivity (Wildman–Crippen MR) is 142 cm³/mol. The van der Waals surface area contributed by atoms with E-state index in [1.165, 1.54) is 12.1 Å². The smallest absolute Gasteiger partial charge is 0.299 e. The number of anilines is 5. The summed E-state index contributed by atoms with van der Waals surface area (Å²) in [5, 5.41) is 44.2. The zero-order chi connectivity index (χ0) is 27.8. The van der Waals surface area contributed by atoms with E-state index in [2.05, 4.69) is 33.0 Å². The molecule has 0 heterocycles. The van der Waals surface area contributed by atoms with E-state index in [1.54, 1.807) is 19.9 Å². The third kappa shape index (κ3) is 9.07. The van der Waals surface area contributed by atoms with E-state index in [4.69, 9.17) is 5.73 Å². The van der Waals surface area contributed by atoms with Crippen molar-refractivity contribution in [3.8, 4) is 0 Å². The molecule has 0 saturated heterocycles. The van der Waals surface area contributed by atoms with Gasteiger partial charge in [0.2, 0.25) is 0 Å². The van der Waals surface area contributed by atoms with Gasteiger partial charge in [-0.2, -0.15) is 0 Å². The number of hydrogen-bond acceptors (Lipinski definition) is 13. The van der Waals surface area contributed by atoms with Gasteiger partial charge >= 0.3 is 0 Å². The minimum absolute atomic E-state index is 0.000929. The van der Waals surface area contributed by atoms with Crippen LogP contribution in [-0.4, -0.2) is 40.9 Å². The molecule has 0 spiro atoms. The highest BCUT2D eigenvalue weighted by atomic mass is 16.6. The number of hydrogen-bond donors (Lipinski definition) is 7. The minimum Gasteiger partial charge on any atom is -0.397 e. The Bertz CT molecular complexity index is 995. The van der Waals surface area contributed by atoms with Crippen LogP contribution in [-0.2, 0) is 0 Å². The summed E-state index contributed by atoms with van der Waals surface area (Å²) >= 11 is 0. The second-order valence-corrected chi connectivity index (χ2v) is 6.74. The molecular weight excluding hydrogens is 476 g/mol. The summed E-state index contributed by atoms with van der Waals surface area (Å²) in [6.07, 6.45) is 0. The molecule has 0 unspecified atom stereocenters. The number of nitrogen functional groups attached to an aromatic ring is 1. The summed E-state index contributed by atoms with van der Waals surface area (Å²) in [5.74, 6) is 8.00. The van der Waals surface area contributed by atoms with Crippen LogP contribution in [0, 0.1) is 30.3 Å². The largest absolute Gasteiger partial charge is 0.397 e. The summed E-state index contributed by atoms with van der Waals surface area (Å²) in [5.41, 5.74) is 7.23. The second-order valence-electron chi connectivity index (χ2n) is 6.74. The van der Waals surface area contributed by atoms with Crippen LogP contribution in [0.15, 0.2) is 24.3 Å². The molecule has 0 amide bonds. The average Bonchev–Trinajstić information content (AvgIpc) is 2.83. The maximum absolute atomic E-state index is 10.9. The molecular formula is C20H34N10O6. The Morgan fingerprint density at radius 3 is 1.17 bits per heavy atom. The molecule has 2 aromatic rings. The van der Waals surface area contributed by atoms with E-state index in [9.17, 15) is 30.3 Å². The maximum atomic E-state index is 10.9. The van der Waals surface area contributed by atoms with Gasteiger partial charge in [-0.1, -0.05) is 0 Å². The van der Waals surface area contributed by atoms with Crippen molar-refractivity contribution in [2.45, 2.75) is 27.7 Å². The number of nitro groups is 3. The second kappa shape index (κ2) is 16.2. The first-order valence-electron chi connectivity index (χ1n) is 10.9. The van der Waals surface area contributed by atoms with Gasteiger partial charge in [0.25, 0.3) is 17.1 Å². The molecule has 2 aromatic carbocycles. The van der Waals surface area contributed by atoms with E-state index in [1.807, 2.05) is 13.8 Å². The van der Waals surface area contributed by atoms with Crippen molar-refractivity contribution in [1.29, 1.82) is 0 Å². The summed E-state index contributed by atoms with van der Waals surface area (Å²) < 4.78 is 0. The highest BCUT2D eigenvalue weighted by Gasteiger charge is 2.24. The normalized spacial score (nSPS) is 9.50. The van der Waals surface area contributed by atoms with Crippen molar-refractivity contribution in [2.24, 2.45) is 11.7 Å². The summed E-state index contributed by atoms with van der Waals surface area (Å²) in [6, 6.07) is 5.40. The lowest BCUT2D eigenvalue weighted by molar-refractivity contribution is -0.393. The first kappa shape index (κ1) is 31.6. The average molecular weight is 511 g/mol. The number of nitro benzene ring substituents is 3. The van der Waals surface area contributed by atoms with Crippen LogP contribution in [0.1, 0.15) is 27.7 Å². The lowest BCUT2D eigenvalue weighted by atomic mass is 10.2. The first-order valence-corrected chi connectivity index (χ1v) is 10.9. The van der Waals surface area contributed by atoms with Crippen LogP contribution in [0.3, 0.4) is 0 Å². The maximum Gasteiger partial charge on any atom is 0.299 e. The van der Waals surface area contributed by atoms with Gasteiger partial charge in [-0.3, -0.25) is 42.0 Å². The molecule has 16 nitrogen and oxygen atoms in total. The van der Waals surface area contributed by atoms with Gasteiger partial charge in [0, 0.05) is 32.2 Å².